The lowest BCUT2D eigenvalue weighted by atomic mass is 10.0. The number of allylic oxidation sites excluding steroid dienone is 19. The maximum atomic E-state index is 12.8. The fourth-order valence-electron chi connectivity index (χ4n) is 7.79. The summed E-state index contributed by atoms with van der Waals surface area (Å²) in [6, 6.07) is 0. The molecule has 5 heteroatoms. The topological polar surface area (TPSA) is 61.8 Å². The molecule has 70 heavy (non-hydrogen) atoms. The highest BCUT2D eigenvalue weighted by atomic mass is 16.6. The van der Waals surface area contributed by atoms with Crippen molar-refractivity contribution in [3.8, 4) is 0 Å². The Morgan fingerprint density at radius 2 is 0.686 bits per heavy atom. The summed E-state index contributed by atoms with van der Waals surface area (Å²) in [6.45, 7) is 7.45. The molecule has 0 aromatic carbocycles. The van der Waals surface area contributed by atoms with Crippen LogP contribution in [0.2, 0.25) is 0 Å². The van der Waals surface area contributed by atoms with Gasteiger partial charge in [-0.25, -0.2) is 0 Å². The third kappa shape index (κ3) is 56.9. The molecule has 0 rings (SSSR count). The van der Waals surface area contributed by atoms with Gasteiger partial charge in [0.15, 0.2) is 6.10 Å². The van der Waals surface area contributed by atoms with E-state index in [1.54, 1.807) is 0 Å². The first-order chi connectivity index (χ1) is 34.6. The van der Waals surface area contributed by atoms with E-state index >= 15 is 0 Å². The molecule has 0 aliphatic heterocycles. The molecule has 0 spiro atoms. The van der Waals surface area contributed by atoms with Crippen LogP contribution in [-0.4, -0.2) is 37.9 Å². The zero-order valence-electron chi connectivity index (χ0n) is 45.7. The van der Waals surface area contributed by atoms with Gasteiger partial charge in [-0.2, -0.15) is 0 Å². The van der Waals surface area contributed by atoms with Crippen molar-refractivity contribution in [2.24, 2.45) is 0 Å². The monoisotopic (exact) mass is 969 g/mol. The second-order valence-corrected chi connectivity index (χ2v) is 18.8. The van der Waals surface area contributed by atoms with E-state index in [1.165, 1.54) is 109 Å². The normalized spacial score (nSPS) is 13.1. The molecule has 0 aliphatic rings. The van der Waals surface area contributed by atoms with Crippen molar-refractivity contribution in [1.29, 1.82) is 0 Å². The lowest BCUT2D eigenvalue weighted by Crippen LogP contribution is -2.29. The number of unbranched alkanes of at least 4 members (excludes halogenated alkanes) is 22. The van der Waals surface area contributed by atoms with Crippen LogP contribution in [0.3, 0.4) is 0 Å². The van der Waals surface area contributed by atoms with Gasteiger partial charge in [0, 0.05) is 13.0 Å². The van der Waals surface area contributed by atoms with Crippen molar-refractivity contribution in [2.75, 3.05) is 19.8 Å². The molecule has 0 N–H and O–H groups in total. The second kappa shape index (κ2) is 59.6. The summed E-state index contributed by atoms with van der Waals surface area (Å²) >= 11 is 0. The lowest BCUT2D eigenvalue weighted by molar-refractivity contribution is -0.162. The minimum Gasteiger partial charge on any atom is -0.462 e. The smallest absolute Gasteiger partial charge is 0.310 e. The van der Waals surface area contributed by atoms with Crippen LogP contribution in [0, 0.1) is 0 Å². The number of rotatable bonds is 52. The summed E-state index contributed by atoms with van der Waals surface area (Å²) in [6.07, 6.45) is 84.0. The molecular weight excluding hydrogens is 861 g/mol. The van der Waals surface area contributed by atoms with E-state index in [4.69, 9.17) is 14.2 Å². The van der Waals surface area contributed by atoms with Gasteiger partial charge in [-0.1, -0.05) is 271 Å². The zero-order valence-corrected chi connectivity index (χ0v) is 45.7. The fourth-order valence-corrected chi connectivity index (χ4v) is 7.79. The lowest BCUT2D eigenvalue weighted by Gasteiger charge is -2.18. The maximum absolute atomic E-state index is 12.8. The predicted octanol–water partition coefficient (Wildman–Crippen LogP) is 20.1. The summed E-state index contributed by atoms with van der Waals surface area (Å²) in [5.41, 5.74) is 0. The van der Waals surface area contributed by atoms with E-state index in [0.29, 0.717) is 13.0 Å². The predicted molar refractivity (Wildman–Crippen MR) is 306 cm³/mol. The molecule has 1 unspecified atom stereocenters. The van der Waals surface area contributed by atoms with Gasteiger partial charge in [-0.3, -0.25) is 9.59 Å². The summed E-state index contributed by atoms with van der Waals surface area (Å²) < 4.78 is 17.3. The molecule has 0 aliphatic carbocycles. The first kappa shape index (κ1) is 66.3. The van der Waals surface area contributed by atoms with Crippen LogP contribution >= 0.6 is 0 Å². The van der Waals surface area contributed by atoms with Gasteiger partial charge in [0.1, 0.15) is 6.61 Å². The summed E-state index contributed by atoms with van der Waals surface area (Å²) in [4.78, 5) is 25.5. The van der Waals surface area contributed by atoms with Crippen LogP contribution in [-0.2, 0) is 23.8 Å². The van der Waals surface area contributed by atoms with Crippen LogP contribution in [0.1, 0.15) is 252 Å². The van der Waals surface area contributed by atoms with E-state index in [-0.39, 0.29) is 31.6 Å². The highest BCUT2D eigenvalue weighted by Crippen LogP contribution is 2.15. The van der Waals surface area contributed by atoms with Crippen LogP contribution in [0.15, 0.2) is 122 Å². The van der Waals surface area contributed by atoms with Crippen molar-refractivity contribution in [3.63, 3.8) is 0 Å². The van der Waals surface area contributed by atoms with Gasteiger partial charge in [-0.05, 0) is 89.9 Å². The van der Waals surface area contributed by atoms with E-state index in [9.17, 15) is 9.59 Å². The highest BCUT2D eigenvalue weighted by molar-refractivity contribution is 5.71. The van der Waals surface area contributed by atoms with Crippen molar-refractivity contribution in [1.82, 2.24) is 0 Å². The first-order valence-electron chi connectivity index (χ1n) is 29.1. The molecule has 0 fully saturated rings. The van der Waals surface area contributed by atoms with E-state index in [2.05, 4.69) is 130 Å². The number of hydrogen-bond donors (Lipinski definition) is 0. The first-order valence-corrected chi connectivity index (χ1v) is 29.1. The maximum Gasteiger partial charge on any atom is 0.310 e. The minimum atomic E-state index is -0.611. The third-order valence-corrected chi connectivity index (χ3v) is 12.0. The average Bonchev–Trinajstić information content (AvgIpc) is 3.36. The van der Waals surface area contributed by atoms with Gasteiger partial charge >= 0.3 is 11.9 Å². The molecule has 0 bridgehead atoms. The Labute approximate surface area is 433 Å². The van der Waals surface area contributed by atoms with Crippen LogP contribution in [0.25, 0.3) is 0 Å². The van der Waals surface area contributed by atoms with E-state index in [0.717, 1.165) is 109 Å². The Morgan fingerprint density at radius 3 is 1.10 bits per heavy atom. The number of carbonyl (C=O) groups excluding carboxylic acids is 2. The number of hydrogen-bond acceptors (Lipinski definition) is 5. The fraction of sp³-hybridized carbons (Fsp3) is 0.662. The largest absolute Gasteiger partial charge is 0.462 e. The third-order valence-electron chi connectivity index (χ3n) is 12.0. The second-order valence-electron chi connectivity index (χ2n) is 18.8. The summed E-state index contributed by atoms with van der Waals surface area (Å²) in [5.74, 6) is -0.557. The van der Waals surface area contributed by atoms with E-state index in [1.807, 2.05) is 12.2 Å². The van der Waals surface area contributed by atoms with Crippen molar-refractivity contribution in [3.05, 3.63) is 122 Å². The molecule has 1 atom stereocenters. The molecule has 0 aromatic rings. The van der Waals surface area contributed by atoms with E-state index < -0.39 is 6.10 Å². The molecule has 0 amide bonds. The van der Waals surface area contributed by atoms with Crippen molar-refractivity contribution >= 4 is 11.9 Å². The number of carbonyl (C=O) groups is 2. The molecule has 398 valence electrons. The van der Waals surface area contributed by atoms with Crippen LogP contribution in [0.5, 0.6) is 0 Å². The highest BCUT2D eigenvalue weighted by Gasteiger charge is 2.17. The quantitative estimate of drug-likeness (QED) is 0.0345. The van der Waals surface area contributed by atoms with Gasteiger partial charge in [0.25, 0.3) is 0 Å². The Balaban J connectivity index is 4.41. The molecule has 5 nitrogen and oxygen atoms in total. The standard InChI is InChI=1S/C65H108O5/c1-4-7-10-13-16-19-22-25-28-30-32-34-36-39-42-45-48-51-54-57-60-68-61-63(70-65(67)59-56-53-50-47-44-41-37-27-24-21-18-15-12-9-6-3)62-69-64(66)58-55-52-49-46-43-40-38-35-33-31-29-26-23-20-17-14-11-8-5-2/h7,9-10,12,16,18-19,21,25,27-28,32,34,37,39,42,44,47,53,56,63H,4-6,8,11,13-15,17,20,22-24,26,29-31,33,35-36,38,40-41,43,45-46,48-52,54-55,57-62H2,1-3H3/b10-7-,12-9-,19-16-,21-18-,28-25-,34-32-,37-27-,42-39-,47-44-,56-53-. The Bertz CT molecular complexity index is 1420. The molecule has 0 radical (unpaired) electrons. The Kier molecular flexibility index (Phi) is 56.5. The van der Waals surface area contributed by atoms with Gasteiger partial charge in [-0.15, -0.1) is 0 Å². The SMILES string of the molecule is CC/C=C\C/C=C\C/C=C\C/C=C\C/C=C\CCCCCCOCC(COC(=O)CCCCCCCCCCCCCCCCCCCCC)OC(=O)C/C=C\C/C=C\C/C=C\C/C=C\C/C=C\CC. The van der Waals surface area contributed by atoms with Gasteiger partial charge in [0.2, 0.25) is 0 Å². The van der Waals surface area contributed by atoms with Gasteiger partial charge in [0.05, 0.1) is 13.0 Å². The van der Waals surface area contributed by atoms with Crippen molar-refractivity contribution < 1.29 is 23.8 Å². The van der Waals surface area contributed by atoms with Gasteiger partial charge < -0.3 is 14.2 Å². The Hall–Kier alpha value is -3.70. The zero-order chi connectivity index (χ0) is 50.6. The van der Waals surface area contributed by atoms with Crippen LogP contribution < -0.4 is 0 Å². The summed E-state index contributed by atoms with van der Waals surface area (Å²) in [7, 11) is 0. The number of ether oxygens (including phenoxy) is 3. The summed E-state index contributed by atoms with van der Waals surface area (Å²) in [5, 5.41) is 0. The molecular formula is C65H108O5. The number of esters is 2. The minimum absolute atomic E-state index is 0.0304. The van der Waals surface area contributed by atoms with Crippen molar-refractivity contribution in [2.45, 2.75) is 258 Å². The Morgan fingerprint density at radius 1 is 0.343 bits per heavy atom. The molecule has 0 saturated heterocycles. The molecule has 0 saturated carbocycles. The van der Waals surface area contributed by atoms with Crippen LogP contribution in [0.4, 0.5) is 0 Å². The molecule has 0 heterocycles. The molecule has 0 aromatic heterocycles. The average molecular weight is 970 g/mol.